The van der Waals surface area contributed by atoms with Crippen LogP contribution in [0.1, 0.15) is 66.2 Å². The number of hydrogen-bond acceptors (Lipinski definition) is 8. The zero-order valence-electron chi connectivity index (χ0n) is 26.2. The quantitative estimate of drug-likeness (QED) is 0.286. The van der Waals surface area contributed by atoms with Crippen LogP contribution in [0, 0.1) is 25.2 Å². The summed E-state index contributed by atoms with van der Waals surface area (Å²) in [6, 6.07) is 16.9. The van der Waals surface area contributed by atoms with Crippen LogP contribution in [0.2, 0.25) is 0 Å². The number of ketones is 2. The molecule has 0 saturated carbocycles. The average Bonchev–Trinajstić information content (AvgIpc) is 2.93. The SMILES string of the molecule is Cc1cccc(C)c1CN[C@]1(CCC(C)(C)C)C(=O)C(C2=NS(=O)(=O)c3cc(NS(C)(=O)=O)ccc3N2)C(=O)c2ccccc21. The van der Waals surface area contributed by atoms with E-state index in [2.05, 4.69) is 40.5 Å². The average molecular weight is 651 g/mol. The van der Waals surface area contributed by atoms with Gasteiger partial charge in [0.1, 0.15) is 22.2 Å². The Labute approximate surface area is 264 Å². The first kappa shape index (κ1) is 32.5. The van der Waals surface area contributed by atoms with Crippen LogP contribution >= 0.6 is 0 Å². The summed E-state index contributed by atoms with van der Waals surface area (Å²) in [5.74, 6) is -2.84. The van der Waals surface area contributed by atoms with E-state index < -0.39 is 43.1 Å². The van der Waals surface area contributed by atoms with Crippen molar-refractivity contribution in [1.29, 1.82) is 0 Å². The van der Waals surface area contributed by atoms with Gasteiger partial charge in [0.05, 0.1) is 11.9 Å². The summed E-state index contributed by atoms with van der Waals surface area (Å²) in [4.78, 5) is 28.7. The number of rotatable bonds is 8. The lowest BCUT2D eigenvalue weighted by Crippen LogP contribution is -2.59. The molecule has 45 heavy (non-hydrogen) atoms. The van der Waals surface area contributed by atoms with Crippen LogP contribution < -0.4 is 15.4 Å². The second-order valence-electron chi connectivity index (χ2n) is 13.1. The van der Waals surface area contributed by atoms with Gasteiger partial charge < -0.3 is 5.32 Å². The van der Waals surface area contributed by atoms with Crippen molar-refractivity contribution in [2.45, 2.75) is 64.4 Å². The van der Waals surface area contributed by atoms with E-state index in [1.54, 1.807) is 24.3 Å². The maximum Gasteiger partial charge on any atom is 0.286 e. The molecule has 0 saturated heterocycles. The number of fused-ring (bicyclic) bond motifs is 2. The van der Waals surface area contributed by atoms with Crippen LogP contribution in [0.4, 0.5) is 11.4 Å². The number of carbonyl (C=O) groups excluding carboxylic acids is 2. The van der Waals surface area contributed by atoms with Crippen molar-refractivity contribution in [3.63, 3.8) is 0 Å². The molecule has 0 fully saturated rings. The Bertz CT molecular complexity index is 1940. The number of aryl methyl sites for hydroxylation is 2. The fraction of sp³-hybridized carbons (Fsp3) is 0.364. The third kappa shape index (κ3) is 6.45. The fourth-order valence-electron chi connectivity index (χ4n) is 6.01. The topological polar surface area (TPSA) is 151 Å². The number of anilines is 2. The normalized spacial score (nSPS) is 20.9. The third-order valence-electron chi connectivity index (χ3n) is 8.38. The van der Waals surface area contributed by atoms with E-state index in [4.69, 9.17) is 0 Å². The fourth-order valence-corrected chi connectivity index (χ4v) is 7.75. The Morgan fingerprint density at radius 2 is 1.64 bits per heavy atom. The molecular weight excluding hydrogens is 613 g/mol. The molecule has 0 aromatic heterocycles. The first-order valence-electron chi connectivity index (χ1n) is 14.6. The van der Waals surface area contributed by atoms with Gasteiger partial charge in [-0.05, 0) is 72.6 Å². The maximum atomic E-state index is 14.9. The van der Waals surface area contributed by atoms with Crippen molar-refractivity contribution in [1.82, 2.24) is 5.32 Å². The molecule has 0 amide bonds. The molecule has 1 heterocycles. The smallest absolute Gasteiger partial charge is 0.286 e. The summed E-state index contributed by atoms with van der Waals surface area (Å²) in [6.07, 6.45) is 1.94. The second-order valence-corrected chi connectivity index (χ2v) is 16.4. The summed E-state index contributed by atoms with van der Waals surface area (Å²) in [5, 5.41) is 6.50. The van der Waals surface area contributed by atoms with Crippen LogP contribution in [0.5, 0.6) is 0 Å². The molecule has 0 radical (unpaired) electrons. The van der Waals surface area contributed by atoms with Crippen LogP contribution in [-0.4, -0.2) is 40.5 Å². The summed E-state index contributed by atoms with van der Waals surface area (Å²) in [5.41, 5.74) is 2.68. The minimum atomic E-state index is -4.42. The van der Waals surface area contributed by atoms with Gasteiger partial charge >= 0.3 is 0 Å². The van der Waals surface area contributed by atoms with Gasteiger partial charge in [0, 0.05) is 17.8 Å². The zero-order valence-corrected chi connectivity index (χ0v) is 27.8. The number of Topliss-reactive ketones (excluding diaryl/α,β-unsaturated/α-hetero) is 2. The number of amidine groups is 1. The standard InChI is InChI=1S/C33H38N4O6S2/c1-20-10-9-11-21(2)24(20)19-34-33(17-16-32(3,4)5)25-13-8-7-12-23(25)29(38)28(30(33)39)31-35-26-15-14-22(36-44(6,40)41)18-27(26)45(42,43)37-31/h7-15,18,28,34,36H,16-17,19H2,1-6H3,(H,35,37)/t28?,33-/m0/s1. The molecule has 238 valence electrons. The van der Waals surface area contributed by atoms with Crippen molar-refractivity contribution in [2.75, 3.05) is 16.3 Å². The molecule has 2 atom stereocenters. The summed E-state index contributed by atoms with van der Waals surface area (Å²) in [6.45, 7) is 10.6. The molecule has 3 aromatic carbocycles. The Balaban J connectivity index is 1.63. The lowest BCUT2D eigenvalue weighted by atomic mass is 9.66. The van der Waals surface area contributed by atoms with Gasteiger partial charge in [0.2, 0.25) is 10.0 Å². The maximum absolute atomic E-state index is 14.9. The summed E-state index contributed by atoms with van der Waals surface area (Å²) in [7, 11) is -8.09. The van der Waals surface area contributed by atoms with Gasteiger partial charge in [0.15, 0.2) is 11.6 Å². The molecule has 0 bridgehead atoms. The zero-order chi connectivity index (χ0) is 32.9. The molecule has 1 unspecified atom stereocenters. The lowest BCUT2D eigenvalue weighted by Gasteiger charge is -2.43. The predicted molar refractivity (Wildman–Crippen MR) is 176 cm³/mol. The minimum Gasteiger partial charge on any atom is -0.341 e. The van der Waals surface area contributed by atoms with Gasteiger partial charge in [-0.25, -0.2) is 8.42 Å². The number of sulfonamides is 2. The van der Waals surface area contributed by atoms with Gasteiger partial charge in [0.25, 0.3) is 10.0 Å². The monoisotopic (exact) mass is 650 g/mol. The van der Waals surface area contributed by atoms with E-state index in [1.807, 2.05) is 32.0 Å². The summed E-state index contributed by atoms with van der Waals surface area (Å²) >= 11 is 0. The van der Waals surface area contributed by atoms with Crippen molar-refractivity contribution < 1.29 is 26.4 Å². The van der Waals surface area contributed by atoms with Gasteiger partial charge in [-0.2, -0.15) is 8.42 Å². The van der Waals surface area contributed by atoms with Crippen molar-refractivity contribution in [3.05, 3.63) is 88.5 Å². The Morgan fingerprint density at radius 1 is 0.978 bits per heavy atom. The van der Waals surface area contributed by atoms with E-state index >= 15 is 0 Å². The van der Waals surface area contributed by atoms with Crippen molar-refractivity contribution in [3.8, 4) is 0 Å². The summed E-state index contributed by atoms with van der Waals surface area (Å²) < 4.78 is 56.6. The Kier molecular flexibility index (Phi) is 8.30. The molecule has 10 nitrogen and oxygen atoms in total. The van der Waals surface area contributed by atoms with E-state index in [-0.39, 0.29) is 27.5 Å². The van der Waals surface area contributed by atoms with E-state index in [0.29, 0.717) is 30.5 Å². The van der Waals surface area contributed by atoms with Crippen LogP contribution in [0.25, 0.3) is 0 Å². The Hall–Kier alpha value is -3.87. The number of benzene rings is 3. The first-order chi connectivity index (χ1) is 20.9. The molecule has 1 aliphatic heterocycles. The molecule has 2 aliphatic rings. The van der Waals surface area contributed by atoms with Gasteiger partial charge in [-0.15, -0.1) is 4.40 Å². The molecule has 3 aromatic rings. The van der Waals surface area contributed by atoms with Crippen molar-refractivity contribution in [2.24, 2.45) is 15.7 Å². The second kappa shape index (κ2) is 11.5. The highest BCUT2D eigenvalue weighted by Gasteiger charge is 2.54. The largest absolute Gasteiger partial charge is 0.341 e. The molecule has 3 N–H and O–H groups in total. The van der Waals surface area contributed by atoms with Crippen molar-refractivity contribution >= 4 is 48.8 Å². The third-order valence-corrected chi connectivity index (χ3v) is 10.3. The van der Waals surface area contributed by atoms with Crippen LogP contribution in [-0.2, 0) is 36.9 Å². The molecule has 1 aliphatic carbocycles. The molecule has 5 rings (SSSR count). The van der Waals surface area contributed by atoms with E-state index in [9.17, 15) is 26.4 Å². The Morgan fingerprint density at radius 3 is 2.29 bits per heavy atom. The van der Waals surface area contributed by atoms with Gasteiger partial charge in [-0.3, -0.25) is 19.6 Å². The highest BCUT2D eigenvalue weighted by molar-refractivity contribution is 7.92. The highest BCUT2D eigenvalue weighted by Crippen LogP contribution is 2.43. The van der Waals surface area contributed by atoms with E-state index in [1.165, 1.54) is 12.1 Å². The highest BCUT2D eigenvalue weighted by atomic mass is 32.2. The molecule has 12 heteroatoms. The van der Waals surface area contributed by atoms with Gasteiger partial charge in [-0.1, -0.05) is 63.2 Å². The first-order valence-corrected chi connectivity index (χ1v) is 18.0. The van der Waals surface area contributed by atoms with E-state index in [0.717, 1.165) is 29.0 Å². The van der Waals surface area contributed by atoms with Crippen LogP contribution in [0.3, 0.4) is 0 Å². The van der Waals surface area contributed by atoms with Crippen LogP contribution in [0.15, 0.2) is 70.0 Å². The molecule has 0 spiro atoms. The number of hydrogen-bond donors (Lipinski definition) is 3. The lowest BCUT2D eigenvalue weighted by molar-refractivity contribution is -0.128. The number of nitrogens with zero attached hydrogens (tertiary/aromatic N) is 1. The number of carbonyl (C=O) groups is 2. The number of nitrogens with one attached hydrogen (secondary N) is 3. The molecular formula is C33H38N4O6S2. The minimum absolute atomic E-state index is 0.0379. The predicted octanol–water partition coefficient (Wildman–Crippen LogP) is 5.08.